The Morgan fingerprint density at radius 1 is 0.942 bits per heavy atom. The first kappa shape index (κ1) is 36.1. The van der Waals surface area contributed by atoms with Crippen molar-refractivity contribution in [2.75, 3.05) is 11.4 Å². The maximum Gasteiger partial charge on any atom is 0.309 e. The zero-order valence-electron chi connectivity index (χ0n) is 29.8. The summed E-state index contributed by atoms with van der Waals surface area (Å²) in [6.07, 6.45) is 30.2. The van der Waals surface area contributed by atoms with Crippen LogP contribution in [0.2, 0.25) is 0 Å². The minimum absolute atomic E-state index is 0.0155. The van der Waals surface area contributed by atoms with Crippen molar-refractivity contribution in [3.8, 4) is 23.6 Å². The van der Waals surface area contributed by atoms with Crippen molar-refractivity contribution in [2.45, 2.75) is 58.4 Å². The molecule has 6 nitrogen and oxygen atoms in total. The van der Waals surface area contributed by atoms with Gasteiger partial charge in [-0.15, -0.1) is 6.42 Å². The molecule has 0 radical (unpaired) electrons. The molecule has 0 saturated carbocycles. The Morgan fingerprint density at radius 2 is 1.65 bits per heavy atom. The quantitative estimate of drug-likeness (QED) is 0.0976. The van der Waals surface area contributed by atoms with Crippen molar-refractivity contribution in [3.05, 3.63) is 141 Å². The van der Waals surface area contributed by atoms with Crippen molar-refractivity contribution >= 4 is 51.9 Å². The lowest BCUT2D eigenvalue weighted by molar-refractivity contribution is -0.682. The number of carboxylic acids is 2. The molecule has 262 valence electrons. The third-order valence-electron chi connectivity index (χ3n) is 9.67. The Kier molecular flexibility index (Phi) is 10.9. The van der Waals surface area contributed by atoms with E-state index in [2.05, 4.69) is 83.9 Å². The smallest absolute Gasteiger partial charge is 0.309 e. The first-order chi connectivity index (χ1) is 25.2. The molecular weight excluding hydrogens is 665 g/mol. The molecule has 0 amide bonds. The van der Waals surface area contributed by atoms with E-state index in [4.69, 9.17) is 6.42 Å². The number of terminal acetylenes is 1. The number of fused-ring (bicyclic) bond motifs is 6. The predicted molar refractivity (Wildman–Crippen MR) is 213 cm³/mol. The minimum Gasteiger partial charge on any atom is -0.481 e. The molecule has 0 fully saturated rings. The van der Waals surface area contributed by atoms with E-state index in [0.29, 0.717) is 13.1 Å². The molecule has 0 spiro atoms. The molecular formula is C45H43N2O4S+. The zero-order valence-corrected chi connectivity index (χ0v) is 30.6. The molecule has 6 rings (SSSR count). The van der Waals surface area contributed by atoms with E-state index in [9.17, 15) is 19.8 Å². The Labute approximate surface area is 309 Å². The lowest BCUT2D eigenvalue weighted by Gasteiger charge is -2.27. The van der Waals surface area contributed by atoms with Crippen LogP contribution < -0.4 is 9.47 Å². The van der Waals surface area contributed by atoms with Gasteiger partial charge >= 0.3 is 11.9 Å². The lowest BCUT2D eigenvalue weighted by atomic mass is 9.79. The number of aliphatic carboxylic acids is 2. The SMILES string of the molecule is C#Cc1c(/C=C\C)c2c(c3ccccc13)C(C)(C)/C(=C/C=C/C=C/c1sc3c([n+]1CCC(=O)O)-c1ccccc1C/C=C\C=C/C3)N2CCC(=O)O. The highest BCUT2D eigenvalue weighted by Crippen LogP contribution is 2.54. The van der Waals surface area contributed by atoms with Gasteiger partial charge in [-0.25, -0.2) is 0 Å². The summed E-state index contributed by atoms with van der Waals surface area (Å²) in [5, 5.41) is 22.4. The van der Waals surface area contributed by atoms with Crippen LogP contribution in [0.3, 0.4) is 0 Å². The largest absolute Gasteiger partial charge is 0.481 e. The average Bonchev–Trinajstić information content (AvgIpc) is 3.58. The summed E-state index contributed by atoms with van der Waals surface area (Å²) in [7, 11) is 0. The van der Waals surface area contributed by atoms with Gasteiger partial charge in [0.25, 0.3) is 5.01 Å². The predicted octanol–water partition coefficient (Wildman–Crippen LogP) is 9.28. The van der Waals surface area contributed by atoms with Gasteiger partial charge in [-0.1, -0.05) is 128 Å². The highest BCUT2D eigenvalue weighted by Gasteiger charge is 2.43. The normalized spacial score (nSPS) is 17.0. The summed E-state index contributed by atoms with van der Waals surface area (Å²) in [6, 6.07) is 16.5. The summed E-state index contributed by atoms with van der Waals surface area (Å²) in [4.78, 5) is 27.0. The number of allylic oxidation sites excluding steroid dienone is 10. The van der Waals surface area contributed by atoms with E-state index in [1.807, 2.05) is 67.6 Å². The molecule has 2 heterocycles. The highest BCUT2D eigenvalue weighted by atomic mass is 32.1. The van der Waals surface area contributed by atoms with Crippen LogP contribution in [-0.2, 0) is 34.4 Å². The lowest BCUT2D eigenvalue weighted by Crippen LogP contribution is -2.38. The molecule has 7 heteroatoms. The average molecular weight is 708 g/mol. The van der Waals surface area contributed by atoms with Crippen molar-refractivity contribution in [3.63, 3.8) is 0 Å². The van der Waals surface area contributed by atoms with E-state index >= 15 is 0 Å². The van der Waals surface area contributed by atoms with E-state index in [0.717, 1.165) is 68.0 Å². The van der Waals surface area contributed by atoms with Gasteiger partial charge in [0.2, 0.25) is 5.69 Å². The second-order valence-electron chi connectivity index (χ2n) is 13.3. The monoisotopic (exact) mass is 707 g/mol. The van der Waals surface area contributed by atoms with Crippen LogP contribution in [0, 0.1) is 12.3 Å². The fourth-order valence-corrected chi connectivity index (χ4v) is 8.64. The van der Waals surface area contributed by atoms with E-state index in [1.54, 1.807) is 11.3 Å². The molecule has 4 aromatic rings. The van der Waals surface area contributed by atoms with Crippen molar-refractivity contribution in [2.24, 2.45) is 0 Å². The topological polar surface area (TPSA) is 81.7 Å². The highest BCUT2D eigenvalue weighted by molar-refractivity contribution is 7.12. The fourth-order valence-electron chi connectivity index (χ4n) is 7.45. The Bertz CT molecular complexity index is 2270. The first-order valence-electron chi connectivity index (χ1n) is 17.6. The second-order valence-corrected chi connectivity index (χ2v) is 14.5. The van der Waals surface area contributed by atoms with Gasteiger partial charge in [0.15, 0.2) is 6.54 Å². The van der Waals surface area contributed by atoms with Gasteiger partial charge in [-0.3, -0.25) is 9.59 Å². The van der Waals surface area contributed by atoms with Crippen LogP contribution in [0.15, 0.2) is 109 Å². The van der Waals surface area contributed by atoms with Gasteiger partial charge in [0.05, 0.1) is 22.5 Å². The number of carbonyl (C=O) groups is 2. The number of hydrogen-bond acceptors (Lipinski definition) is 4. The van der Waals surface area contributed by atoms with Gasteiger partial charge in [-0.05, 0) is 47.4 Å². The van der Waals surface area contributed by atoms with Crippen LogP contribution in [-0.4, -0.2) is 28.7 Å². The molecule has 0 atom stereocenters. The standard InChI is InChI=1S/C45H42N2O4S/c1-5-18-36-32(6-2)34-22-16-17-23-35(34)42-44(36)46(29-27-40(48)49)38(45(42,3)4)25-12-9-13-26-39-47(30-28-41(50)51)43-33-21-15-14-20-31(33)19-10-7-8-11-24-37(43)52-39/h2,5,7-18,20-23,25-26H,19,24,27-30H2,1,3-4H3,(H-,48,49,50,51)/p+1/b10-7-,11-8-,18-5-. The van der Waals surface area contributed by atoms with E-state index in [1.165, 1.54) is 10.4 Å². The summed E-state index contributed by atoms with van der Waals surface area (Å²) in [5.74, 6) is 1.24. The van der Waals surface area contributed by atoms with Crippen molar-refractivity contribution in [1.82, 2.24) is 0 Å². The van der Waals surface area contributed by atoms with Gasteiger partial charge < -0.3 is 15.1 Å². The van der Waals surface area contributed by atoms with Crippen molar-refractivity contribution < 1.29 is 24.4 Å². The van der Waals surface area contributed by atoms with Gasteiger partial charge in [-0.2, -0.15) is 4.57 Å². The summed E-state index contributed by atoms with van der Waals surface area (Å²) in [5.41, 5.74) is 7.73. The van der Waals surface area contributed by atoms with E-state index < -0.39 is 17.4 Å². The van der Waals surface area contributed by atoms with Gasteiger partial charge in [0, 0.05) is 41.3 Å². The number of carboxylic acid groups (broad SMARTS) is 2. The maximum atomic E-state index is 11.9. The van der Waals surface area contributed by atoms with E-state index in [-0.39, 0.29) is 12.8 Å². The molecule has 1 aromatic heterocycles. The van der Waals surface area contributed by atoms with Gasteiger partial charge in [0.1, 0.15) is 6.42 Å². The van der Waals surface area contributed by atoms with Crippen LogP contribution in [0.5, 0.6) is 0 Å². The van der Waals surface area contributed by atoms with Crippen LogP contribution >= 0.6 is 11.3 Å². The summed E-state index contributed by atoms with van der Waals surface area (Å²) < 4.78 is 2.15. The number of benzene rings is 3. The third kappa shape index (κ3) is 7.08. The Morgan fingerprint density at radius 3 is 2.38 bits per heavy atom. The van der Waals surface area contributed by atoms with Crippen LogP contribution in [0.4, 0.5) is 5.69 Å². The van der Waals surface area contributed by atoms with Crippen LogP contribution in [0.25, 0.3) is 34.2 Å². The molecule has 1 aliphatic carbocycles. The fraction of sp³-hybridized carbons (Fsp3) is 0.222. The summed E-state index contributed by atoms with van der Waals surface area (Å²) in [6.45, 7) is 6.98. The molecule has 2 N–H and O–H groups in total. The Balaban J connectivity index is 1.43. The minimum atomic E-state index is -0.864. The summed E-state index contributed by atoms with van der Waals surface area (Å²) >= 11 is 1.68. The number of rotatable bonds is 10. The molecule has 0 saturated heterocycles. The maximum absolute atomic E-state index is 11.9. The van der Waals surface area contributed by atoms with Crippen molar-refractivity contribution in [1.29, 1.82) is 0 Å². The molecule has 3 aromatic carbocycles. The number of anilines is 1. The molecule has 1 aliphatic heterocycles. The molecule has 0 bridgehead atoms. The first-order valence-corrected chi connectivity index (χ1v) is 18.4. The number of thiazole rings is 1. The third-order valence-corrected chi connectivity index (χ3v) is 10.8. The number of nitrogens with zero attached hydrogens (tertiary/aromatic N) is 2. The molecule has 2 aliphatic rings. The Hall–Kier alpha value is -5.71. The second kappa shape index (κ2) is 15.7. The zero-order chi connectivity index (χ0) is 36.8. The number of aromatic nitrogens is 1. The van der Waals surface area contributed by atoms with Crippen LogP contribution in [0.1, 0.15) is 65.8 Å². The molecule has 0 unspecified atom stereocenters. The molecule has 52 heavy (non-hydrogen) atoms. The number of hydrogen-bond donors (Lipinski definition) is 2.